The third-order valence-corrected chi connectivity index (χ3v) is 2.49. The van der Waals surface area contributed by atoms with Gasteiger partial charge in [-0.05, 0) is 18.4 Å². The summed E-state index contributed by atoms with van der Waals surface area (Å²) in [7, 11) is 1.57. The van der Waals surface area contributed by atoms with E-state index in [1.807, 2.05) is 30.3 Å². The highest BCUT2D eigenvalue weighted by atomic mass is 16.7. The highest BCUT2D eigenvalue weighted by molar-refractivity contribution is 5.80. The molecule has 1 aromatic rings. The monoisotopic (exact) mass is 252 g/mol. The van der Waals surface area contributed by atoms with Gasteiger partial charge in [-0.15, -0.1) is 0 Å². The number of carbonyl (C=O) groups is 1. The van der Waals surface area contributed by atoms with E-state index in [1.54, 1.807) is 7.11 Å². The van der Waals surface area contributed by atoms with E-state index in [-0.39, 0.29) is 5.91 Å². The van der Waals surface area contributed by atoms with Crippen molar-refractivity contribution in [2.45, 2.75) is 18.9 Å². The first-order chi connectivity index (χ1) is 8.74. The summed E-state index contributed by atoms with van der Waals surface area (Å²) in [5.41, 5.74) is 9.23. The standard InChI is InChI=1S/C13H20N2O3/c1-17-9-10-18-15-13(16)12(14)8-7-11-5-3-2-4-6-11/h2-6,12H,7-10,14H2,1H3,(H,15,16). The molecule has 5 nitrogen and oxygen atoms in total. The predicted molar refractivity (Wildman–Crippen MR) is 68.7 cm³/mol. The van der Waals surface area contributed by atoms with Crippen LogP contribution in [0.4, 0.5) is 0 Å². The Labute approximate surface area is 107 Å². The number of hydrogen-bond acceptors (Lipinski definition) is 4. The maximum atomic E-state index is 11.5. The van der Waals surface area contributed by atoms with Crippen molar-refractivity contribution in [1.82, 2.24) is 5.48 Å². The highest BCUT2D eigenvalue weighted by Gasteiger charge is 2.13. The highest BCUT2D eigenvalue weighted by Crippen LogP contribution is 2.03. The molecule has 0 saturated heterocycles. The molecule has 0 saturated carbocycles. The van der Waals surface area contributed by atoms with Gasteiger partial charge in [0.2, 0.25) is 0 Å². The fourth-order valence-electron chi connectivity index (χ4n) is 1.42. The Morgan fingerprint density at radius 1 is 1.33 bits per heavy atom. The Kier molecular flexibility index (Phi) is 7.01. The number of hydroxylamine groups is 1. The van der Waals surface area contributed by atoms with E-state index in [0.29, 0.717) is 19.6 Å². The van der Waals surface area contributed by atoms with Crippen molar-refractivity contribution in [1.29, 1.82) is 0 Å². The molecular formula is C13H20N2O3. The van der Waals surface area contributed by atoms with Gasteiger partial charge in [0.15, 0.2) is 0 Å². The van der Waals surface area contributed by atoms with Crippen LogP contribution >= 0.6 is 0 Å². The zero-order valence-corrected chi connectivity index (χ0v) is 10.6. The first kappa shape index (κ1) is 14.6. The molecular weight excluding hydrogens is 232 g/mol. The van der Waals surface area contributed by atoms with Gasteiger partial charge in [0, 0.05) is 7.11 Å². The first-order valence-electron chi connectivity index (χ1n) is 5.94. The molecule has 1 rings (SSSR count). The van der Waals surface area contributed by atoms with E-state index in [9.17, 15) is 4.79 Å². The molecule has 100 valence electrons. The molecule has 0 heterocycles. The summed E-state index contributed by atoms with van der Waals surface area (Å²) in [6.45, 7) is 0.743. The van der Waals surface area contributed by atoms with Gasteiger partial charge in [-0.2, -0.15) is 0 Å². The van der Waals surface area contributed by atoms with Crippen LogP contribution < -0.4 is 11.2 Å². The number of aryl methyl sites for hydroxylation is 1. The lowest BCUT2D eigenvalue weighted by molar-refractivity contribution is -0.136. The van der Waals surface area contributed by atoms with Crippen LogP contribution in [0.3, 0.4) is 0 Å². The second-order valence-electron chi connectivity index (χ2n) is 3.94. The Morgan fingerprint density at radius 2 is 2.06 bits per heavy atom. The van der Waals surface area contributed by atoms with Crippen LogP contribution in [0.15, 0.2) is 30.3 Å². The number of carbonyl (C=O) groups excluding carboxylic acids is 1. The summed E-state index contributed by atoms with van der Waals surface area (Å²) in [6, 6.07) is 9.36. The Morgan fingerprint density at radius 3 is 2.72 bits per heavy atom. The first-order valence-corrected chi connectivity index (χ1v) is 5.94. The quantitative estimate of drug-likeness (QED) is 0.526. The number of hydrogen-bond donors (Lipinski definition) is 2. The van der Waals surface area contributed by atoms with Crippen LogP contribution in [0, 0.1) is 0 Å². The minimum atomic E-state index is -0.562. The number of nitrogens with one attached hydrogen (secondary N) is 1. The van der Waals surface area contributed by atoms with Crippen molar-refractivity contribution >= 4 is 5.91 Å². The van der Waals surface area contributed by atoms with Crippen LogP contribution in [0.1, 0.15) is 12.0 Å². The number of benzene rings is 1. The molecule has 0 aliphatic rings. The third-order valence-electron chi connectivity index (χ3n) is 2.49. The summed E-state index contributed by atoms with van der Waals surface area (Å²) in [5, 5.41) is 0. The molecule has 0 spiro atoms. The topological polar surface area (TPSA) is 73.6 Å². The van der Waals surface area contributed by atoms with Crippen LogP contribution in [-0.2, 0) is 20.8 Å². The molecule has 0 aliphatic carbocycles. The summed E-state index contributed by atoms with van der Waals surface area (Å²) in [6.07, 6.45) is 1.36. The SMILES string of the molecule is COCCONC(=O)C(N)CCc1ccccc1. The van der Waals surface area contributed by atoms with Crippen molar-refractivity contribution in [3.63, 3.8) is 0 Å². The molecule has 0 aromatic heterocycles. The smallest absolute Gasteiger partial charge is 0.260 e. The fraction of sp³-hybridized carbons (Fsp3) is 0.462. The van der Waals surface area contributed by atoms with Crippen LogP contribution in [0.2, 0.25) is 0 Å². The summed E-state index contributed by atoms with van der Waals surface area (Å²) < 4.78 is 4.78. The molecule has 0 bridgehead atoms. The zero-order valence-electron chi connectivity index (χ0n) is 10.6. The number of rotatable bonds is 8. The Bertz CT molecular complexity index is 343. The molecule has 18 heavy (non-hydrogen) atoms. The summed E-state index contributed by atoms with van der Waals surface area (Å²) in [5.74, 6) is -0.304. The van der Waals surface area contributed by atoms with E-state index < -0.39 is 6.04 Å². The molecule has 1 amide bonds. The van der Waals surface area contributed by atoms with Crippen molar-refractivity contribution in [3.05, 3.63) is 35.9 Å². The van der Waals surface area contributed by atoms with E-state index in [2.05, 4.69) is 5.48 Å². The predicted octanol–water partition coefficient (Wildman–Crippen LogP) is 0.641. The zero-order chi connectivity index (χ0) is 13.2. The Balaban J connectivity index is 2.19. The van der Waals surface area contributed by atoms with E-state index in [0.717, 1.165) is 6.42 Å². The second kappa shape index (κ2) is 8.63. The number of ether oxygens (including phenoxy) is 1. The van der Waals surface area contributed by atoms with Gasteiger partial charge in [-0.25, -0.2) is 5.48 Å². The lowest BCUT2D eigenvalue weighted by Gasteiger charge is -2.11. The molecule has 0 aliphatic heterocycles. The molecule has 0 fully saturated rings. The van der Waals surface area contributed by atoms with Gasteiger partial charge in [0.25, 0.3) is 5.91 Å². The molecule has 0 radical (unpaired) electrons. The molecule has 3 N–H and O–H groups in total. The maximum absolute atomic E-state index is 11.5. The van der Waals surface area contributed by atoms with Crippen LogP contribution in [0.5, 0.6) is 0 Å². The lowest BCUT2D eigenvalue weighted by atomic mass is 10.1. The van der Waals surface area contributed by atoms with Gasteiger partial charge in [-0.3, -0.25) is 9.63 Å². The number of methoxy groups -OCH3 is 1. The minimum absolute atomic E-state index is 0.304. The lowest BCUT2D eigenvalue weighted by Crippen LogP contribution is -2.41. The summed E-state index contributed by atoms with van der Waals surface area (Å²) >= 11 is 0. The molecule has 1 aromatic carbocycles. The van der Waals surface area contributed by atoms with Crippen LogP contribution in [0.25, 0.3) is 0 Å². The normalized spacial score (nSPS) is 12.1. The third kappa shape index (κ3) is 5.77. The molecule has 5 heteroatoms. The average molecular weight is 252 g/mol. The molecule has 1 unspecified atom stereocenters. The van der Waals surface area contributed by atoms with E-state index in [4.69, 9.17) is 15.3 Å². The van der Waals surface area contributed by atoms with Crippen molar-refractivity contribution in [3.8, 4) is 0 Å². The average Bonchev–Trinajstić information content (AvgIpc) is 2.42. The van der Waals surface area contributed by atoms with Crippen molar-refractivity contribution < 1.29 is 14.4 Å². The van der Waals surface area contributed by atoms with Gasteiger partial charge in [0.05, 0.1) is 19.3 Å². The number of nitrogens with two attached hydrogens (primary N) is 1. The van der Waals surface area contributed by atoms with Gasteiger partial charge in [0.1, 0.15) is 0 Å². The minimum Gasteiger partial charge on any atom is -0.382 e. The van der Waals surface area contributed by atoms with Crippen molar-refractivity contribution in [2.24, 2.45) is 5.73 Å². The van der Waals surface area contributed by atoms with Gasteiger partial charge in [-0.1, -0.05) is 30.3 Å². The van der Waals surface area contributed by atoms with Crippen LogP contribution in [-0.4, -0.2) is 32.3 Å². The van der Waals surface area contributed by atoms with E-state index in [1.165, 1.54) is 5.56 Å². The second-order valence-corrected chi connectivity index (χ2v) is 3.94. The molecule has 1 atom stereocenters. The summed E-state index contributed by atoms with van der Waals surface area (Å²) in [4.78, 5) is 16.4. The van der Waals surface area contributed by atoms with Gasteiger partial charge < -0.3 is 10.5 Å². The Hall–Kier alpha value is -1.43. The van der Waals surface area contributed by atoms with Gasteiger partial charge >= 0.3 is 0 Å². The van der Waals surface area contributed by atoms with Crippen molar-refractivity contribution in [2.75, 3.05) is 20.3 Å². The maximum Gasteiger partial charge on any atom is 0.260 e. The van der Waals surface area contributed by atoms with E-state index >= 15 is 0 Å². The fourth-order valence-corrected chi connectivity index (χ4v) is 1.42. The largest absolute Gasteiger partial charge is 0.382 e. The number of amides is 1.